The van der Waals surface area contributed by atoms with Gasteiger partial charge in [0.1, 0.15) is 0 Å². The second-order valence-electron chi connectivity index (χ2n) is 1.65. The molecule has 0 N–H and O–H groups in total. The van der Waals surface area contributed by atoms with Gasteiger partial charge in [0.25, 0.3) is 0 Å². The fourth-order valence-electron chi connectivity index (χ4n) is 0.296. The first kappa shape index (κ1) is 7.92. The fourth-order valence-corrected chi connectivity index (χ4v) is 0.296. The first-order valence-electron chi connectivity index (χ1n) is 2.69. The Bertz CT molecular complexity index is 156. The van der Waals surface area contributed by atoms with Crippen LogP contribution in [0.15, 0.2) is 17.9 Å². The van der Waals surface area contributed by atoms with Crippen LogP contribution in [0.5, 0.6) is 0 Å². The smallest absolute Gasteiger partial charge is 0.235 e. The van der Waals surface area contributed by atoms with Crippen molar-refractivity contribution < 1.29 is 4.92 Å². The maximum atomic E-state index is 9.93. The molecule has 0 bridgehead atoms. The minimum absolute atomic E-state index is 0.365. The Hall–Kier alpha value is -1.08. The zero-order chi connectivity index (χ0) is 7.28. The molecule has 50 valence electrons. The highest BCUT2D eigenvalue weighted by Crippen LogP contribution is 1.87. The standard InChI is InChI=1S/C6H9NO2/c1-3-4-5-6(2)7(8)9/h3,5-6H,1-2H3. The highest BCUT2D eigenvalue weighted by Gasteiger charge is 2.04. The Morgan fingerprint density at radius 2 is 2.33 bits per heavy atom. The van der Waals surface area contributed by atoms with Crippen molar-refractivity contribution in [2.24, 2.45) is 0 Å². The molecule has 1 atom stereocenters. The molecular weight excluding hydrogens is 118 g/mol. The van der Waals surface area contributed by atoms with Crippen LogP contribution in [0.3, 0.4) is 0 Å². The van der Waals surface area contributed by atoms with Gasteiger partial charge in [0.05, 0.1) is 0 Å². The van der Waals surface area contributed by atoms with Crippen molar-refractivity contribution >= 4 is 0 Å². The van der Waals surface area contributed by atoms with Gasteiger partial charge in [-0.05, 0) is 13.0 Å². The van der Waals surface area contributed by atoms with E-state index < -0.39 is 6.04 Å². The van der Waals surface area contributed by atoms with Crippen molar-refractivity contribution in [3.05, 3.63) is 28.0 Å². The second kappa shape index (κ2) is 3.87. The van der Waals surface area contributed by atoms with Crippen molar-refractivity contribution in [3.63, 3.8) is 0 Å². The van der Waals surface area contributed by atoms with Crippen molar-refractivity contribution in [3.8, 4) is 0 Å². The molecule has 0 rings (SSSR count). The average Bonchev–Trinajstić information content (AvgIpc) is 1.82. The molecule has 3 heteroatoms. The molecule has 0 aliphatic rings. The van der Waals surface area contributed by atoms with E-state index in [2.05, 4.69) is 5.73 Å². The molecular formula is C6H9NO2. The lowest BCUT2D eigenvalue weighted by Gasteiger charge is -1.90. The number of hydrogen-bond acceptors (Lipinski definition) is 2. The summed E-state index contributed by atoms with van der Waals surface area (Å²) < 4.78 is 0. The second-order valence-corrected chi connectivity index (χ2v) is 1.65. The van der Waals surface area contributed by atoms with Crippen molar-refractivity contribution in [2.45, 2.75) is 19.9 Å². The molecule has 3 nitrogen and oxygen atoms in total. The van der Waals surface area contributed by atoms with Gasteiger partial charge in [-0.1, -0.05) is 0 Å². The lowest BCUT2D eigenvalue weighted by atomic mass is 10.3. The third kappa shape index (κ3) is 3.50. The minimum Gasteiger partial charge on any atom is -0.264 e. The van der Waals surface area contributed by atoms with Gasteiger partial charge in [-0.3, -0.25) is 10.1 Å². The van der Waals surface area contributed by atoms with Gasteiger partial charge in [0.2, 0.25) is 6.04 Å². The van der Waals surface area contributed by atoms with Crippen LogP contribution in [0, 0.1) is 10.1 Å². The minimum atomic E-state index is -0.624. The topological polar surface area (TPSA) is 43.1 Å². The molecule has 9 heavy (non-hydrogen) atoms. The van der Waals surface area contributed by atoms with Crippen LogP contribution in [-0.4, -0.2) is 11.0 Å². The Morgan fingerprint density at radius 1 is 1.78 bits per heavy atom. The SMILES string of the molecule is CC=C=CC(C)[N+](=O)[O-]. The van der Waals surface area contributed by atoms with Gasteiger partial charge in [0.15, 0.2) is 0 Å². The monoisotopic (exact) mass is 127 g/mol. The number of nitro groups is 1. The molecule has 0 radical (unpaired) electrons. The lowest BCUT2D eigenvalue weighted by molar-refractivity contribution is -0.504. The summed E-state index contributed by atoms with van der Waals surface area (Å²) in [5, 5.41) is 9.93. The van der Waals surface area contributed by atoms with Crippen LogP contribution >= 0.6 is 0 Å². The van der Waals surface area contributed by atoms with E-state index in [0.717, 1.165) is 0 Å². The van der Waals surface area contributed by atoms with E-state index >= 15 is 0 Å². The fraction of sp³-hybridized carbons (Fsp3) is 0.500. The summed E-state index contributed by atoms with van der Waals surface area (Å²) in [6.07, 6.45) is 3.06. The molecule has 0 spiro atoms. The van der Waals surface area contributed by atoms with E-state index in [-0.39, 0.29) is 4.92 Å². The number of nitrogens with zero attached hydrogens (tertiary/aromatic N) is 1. The average molecular weight is 127 g/mol. The first-order chi connectivity index (χ1) is 4.18. The summed E-state index contributed by atoms with van der Waals surface area (Å²) in [5.41, 5.74) is 2.64. The molecule has 0 heterocycles. The summed E-state index contributed by atoms with van der Waals surface area (Å²) in [7, 11) is 0. The number of rotatable bonds is 2. The van der Waals surface area contributed by atoms with Crippen LogP contribution in [0.4, 0.5) is 0 Å². The molecule has 0 amide bonds. The van der Waals surface area contributed by atoms with Gasteiger partial charge in [-0.15, -0.1) is 5.73 Å². The molecule has 0 aliphatic heterocycles. The largest absolute Gasteiger partial charge is 0.264 e. The summed E-state index contributed by atoms with van der Waals surface area (Å²) >= 11 is 0. The van der Waals surface area contributed by atoms with Crippen LogP contribution in [0.2, 0.25) is 0 Å². The van der Waals surface area contributed by atoms with Crippen molar-refractivity contribution in [1.29, 1.82) is 0 Å². The first-order valence-corrected chi connectivity index (χ1v) is 2.69. The normalized spacial score (nSPS) is 11.3. The summed E-state index contributed by atoms with van der Waals surface area (Å²) in [5.74, 6) is 0. The summed E-state index contributed by atoms with van der Waals surface area (Å²) in [6, 6.07) is -0.624. The Kier molecular flexibility index (Phi) is 3.40. The zero-order valence-corrected chi connectivity index (χ0v) is 5.50. The highest BCUT2D eigenvalue weighted by molar-refractivity contribution is 4.85. The molecule has 0 fully saturated rings. The lowest BCUT2D eigenvalue weighted by Crippen LogP contribution is -2.10. The van der Waals surface area contributed by atoms with Crippen LogP contribution in [-0.2, 0) is 0 Å². The van der Waals surface area contributed by atoms with E-state index in [9.17, 15) is 10.1 Å². The third-order valence-corrected chi connectivity index (χ3v) is 0.837. The predicted molar refractivity (Wildman–Crippen MR) is 34.8 cm³/mol. The van der Waals surface area contributed by atoms with Gasteiger partial charge >= 0.3 is 0 Å². The molecule has 1 unspecified atom stereocenters. The van der Waals surface area contributed by atoms with E-state index in [4.69, 9.17) is 0 Å². The quantitative estimate of drug-likeness (QED) is 0.319. The highest BCUT2D eigenvalue weighted by atomic mass is 16.6. The molecule has 0 aromatic heterocycles. The maximum absolute atomic E-state index is 9.93. The van der Waals surface area contributed by atoms with Crippen LogP contribution in [0.25, 0.3) is 0 Å². The summed E-state index contributed by atoms with van der Waals surface area (Å²) in [6.45, 7) is 3.28. The zero-order valence-electron chi connectivity index (χ0n) is 5.50. The van der Waals surface area contributed by atoms with Gasteiger partial charge in [-0.2, -0.15) is 0 Å². The molecule has 0 saturated heterocycles. The molecule has 0 aromatic carbocycles. The predicted octanol–water partition coefficient (Wildman–Crippen LogP) is 1.38. The van der Waals surface area contributed by atoms with Crippen molar-refractivity contribution in [2.75, 3.05) is 0 Å². The van der Waals surface area contributed by atoms with Gasteiger partial charge < -0.3 is 0 Å². The van der Waals surface area contributed by atoms with Crippen LogP contribution in [0.1, 0.15) is 13.8 Å². The molecule has 0 saturated carbocycles. The Labute approximate surface area is 53.8 Å². The van der Waals surface area contributed by atoms with Gasteiger partial charge in [0, 0.05) is 17.9 Å². The molecule has 0 aliphatic carbocycles. The Morgan fingerprint density at radius 3 is 2.67 bits per heavy atom. The van der Waals surface area contributed by atoms with Crippen molar-refractivity contribution in [1.82, 2.24) is 0 Å². The third-order valence-electron chi connectivity index (χ3n) is 0.837. The van der Waals surface area contributed by atoms with E-state index in [1.54, 1.807) is 13.0 Å². The molecule has 0 aromatic rings. The van der Waals surface area contributed by atoms with Gasteiger partial charge in [-0.25, -0.2) is 0 Å². The van der Waals surface area contributed by atoms with E-state index in [0.29, 0.717) is 0 Å². The Balaban J connectivity index is 3.91. The maximum Gasteiger partial charge on any atom is 0.235 e. The summed E-state index contributed by atoms with van der Waals surface area (Å²) in [4.78, 5) is 9.56. The number of hydrogen-bond donors (Lipinski definition) is 0. The van der Waals surface area contributed by atoms with E-state index in [1.165, 1.54) is 13.0 Å². The van der Waals surface area contributed by atoms with Crippen LogP contribution < -0.4 is 0 Å². The van der Waals surface area contributed by atoms with E-state index in [1.807, 2.05) is 0 Å².